The molecule has 0 radical (unpaired) electrons. The lowest BCUT2D eigenvalue weighted by Crippen LogP contribution is -2.48. The van der Waals surface area contributed by atoms with Crippen LogP contribution in [0.5, 0.6) is 0 Å². The fourth-order valence-corrected chi connectivity index (χ4v) is 3.77. The molecule has 0 spiro atoms. The first-order chi connectivity index (χ1) is 8.81. The van der Waals surface area contributed by atoms with Gasteiger partial charge in [0.05, 0.1) is 0 Å². The molecule has 2 nitrogen and oxygen atoms in total. The van der Waals surface area contributed by atoms with E-state index in [1.807, 2.05) is 0 Å². The number of rotatable bonds is 4. The molecule has 3 atom stereocenters. The van der Waals surface area contributed by atoms with Crippen LogP contribution in [0.25, 0.3) is 0 Å². The Labute approximate surface area is 114 Å². The van der Waals surface area contributed by atoms with E-state index in [4.69, 9.17) is 0 Å². The van der Waals surface area contributed by atoms with E-state index < -0.39 is 0 Å². The topological polar surface area (TPSA) is 15.3 Å². The van der Waals surface area contributed by atoms with E-state index in [-0.39, 0.29) is 0 Å². The molecular weight excluding hydrogens is 220 g/mol. The van der Waals surface area contributed by atoms with Crippen LogP contribution in [0.15, 0.2) is 0 Å². The maximum absolute atomic E-state index is 3.97. The van der Waals surface area contributed by atoms with Crippen molar-refractivity contribution in [3.63, 3.8) is 0 Å². The van der Waals surface area contributed by atoms with Gasteiger partial charge in [0, 0.05) is 18.6 Å². The number of likely N-dealkylation sites (tertiary alicyclic amines) is 1. The van der Waals surface area contributed by atoms with Crippen LogP contribution >= 0.6 is 0 Å². The number of hydrogen-bond acceptors (Lipinski definition) is 2. The second-order valence-electron chi connectivity index (χ2n) is 6.38. The SMILES string of the molecule is CCC1CCCC(NC2CCCN(CC)C2)CC1. The number of piperidine rings is 1. The minimum absolute atomic E-state index is 0.766. The third-order valence-corrected chi connectivity index (χ3v) is 5.09. The van der Waals surface area contributed by atoms with Crippen molar-refractivity contribution in [2.45, 2.75) is 77.3 Å². The van der Waals surface area contributed by atoms with E-state index in [1.54, 1.807) is 0 Å². The second-order valence-corrected chi connectivity index (χ2v) is 6.38. The molecule has 0 amide bonds. The molecule has 1 heterocycles. The number of nitrogens with one attached hydrogen (secondary N) is 1. The summed E-state index contributed by atoms with van der Waals surface area (Å²) >= 11 is 0. The summed E-state index contributed by atoms with van der Waals surface area (Å²) in [7, 11) is 0. The van der Waals surface area contributed by atoms with Crippen LogP contribution < -0.4 is 5.32 Å². The highest BCUT2D eigenvalue weighted by molar-refractivity contribution is 4.83. The smallest absolute Gasteiger partial charge is 0.0198 e. The molecule has 1 saturated carbocycles. The summed E-state index contributed by atoms with van der Waals surface area (Å²) in [6.07, 6.45) is 11.4. The fraction of sp³-hybridized carbons (Fsp3) is 1.00. The van der Waals surface area contributed by atoms with Gasteiger partial charge < -0.3 is 10.2 Å². The van der Waals surface area contributed by atoms with Crippen molar-refractivity contribution in [2.24, 2.45) is 5.92 Å². The molecule has 2 fully saturated rings. The minimum atomic E-state index is 0.766. The van der Waals surface area contributed by atoms with E-state index in [9.17, 15) is 0 Å². The standard InChI is InChI=1S/C16H32N2/c1-3-14-7-5-8-15(11-10-14)17-16-9-6-12-18(4-2)13-16/h14-17H,3-13H2,1-2H3. The van der Waals surface area contributed by atoms with Gasteiger partial charge in [-0.25, -0.2) is 0 Å². The molecule has 3 unspecified atom stereocenters. The predicted octanol–water partition coefficient (Wildman–Crippen LogP) is 3.42. The average molecular weight is 252 g/mol. The van der Waals surface area contributed by atoms with E-state index in [1.165, 1.54) is 71.0 Å². The summed E-state index contributed by atoms with van der Waals surface area (Å²) in [5, 5.41) is 3.97. The molecule has 2 aliphatic rings. The van der Waals surface area contributed by atoms with Gasteiger partial charge in [-0.2, -0.15) is 0 Å². The number of nitrogens with zero attached hydrogens (tertiary/aromatic N) is 1. The summed E-state index contributed by atoms with van der Waals surface area (Å²) in [5.74, 6) is 1.01. The van der Waals surface area contributed by atoms with Gasteiger partial charge in [0.15, 0.2) is 0 Å². The highest BCUT2D eigenvalue weighted by Crippen LogP contribution is 2.26. The van der Waals surface area contributed by atoms with Crippen LogP contribution in [0.3, 0.4) is 0 Å². The maximum atomic E-state index is 3.97. The van der Waals surface area contributed by atoms with E-state index >= 15 is 0 Å². The molecule has 0 aromatic carbocycles. The van der Waals surface area contributed by atoms with E-state index in [0.717, 1.165) is 18.0 Å². The van der Waals surface area contributed by atoms with Gasteiger partial charge in [0.2, 0.25) is 0 Å². The molecule has 18 heavy (non-hydrogen) atoms. The zero-order valence-electron chi connectivity index (χ0n) is 12.5. The highest BCUT2D eigenvalue weighted by Gasteiger charge is 2.23. The highest BCUT2D eigenvalue weighted by atomic mass is 15.2. The van der Waals surface area contributed by atoms with Gasteiger partial charge in [-0.3, -0.25) is 0 Å². The number of likely N-dealkylation sites (N-methyl/N-ethyl adjacent to an activating group) is 1. The van der Waals surface area contributed by atoms with Crippen LogP contribution in [0.4, 0.5) is 0 Å². The van der Waals surface area contributed by atoms with Gasteiger partial charge in [-0.15, -0.1) is 0 Å². The van der Waals surface area contributed by atoms with Crippen LogP contribution in [-0.4, -0.2) is 36.6 Å². The molecule has 1 N–H and O–H groups in total. The van der Waals surface area contributed by atoms with Crippen LogP contribution in [0, 0.1) is 5.92 Å². The first-order valence-electron chi connectivity index (χ1n) is 8.30. The maximum Gasteiger partial charge on any atom is 0.0198 e. The Morgan fingerprint density at radius 2 is 1.78 bits per heavy atom. The molecule has 106 valence electrons. The summed E-state index contributed by atoms with van der Waals surface area (Å²) < 4.78 is 0. The molecule has 2 heteroatoms. The Hall–Kier alpha value is -0.0800. The lowest BCUT2D eigenvalue weighted by molar-refractivity contribution is 0.187. The van der Waals surface area contributed by atoms with Crippen molar-refractivity contribution < 1.29 is 0 Å². The van der Waals surface area contributed by atoms with Gasteiger partial charge in [-0.05, 0) is 51.1 Å². The zero-order valence-corrected chi connectivity index (χ0v) is 12.5. The van der Waals surface area contributed by atoms with Crippen LogP contribution in [-0.2, 0) is 0 Å². The monoisotopic (exact) mass is 252 g/mol. The predicted molar refractivity (Wildman–Crippen MR) is 78.9 cm³/mol. The first-order valence-corrected chi connectivity index (χ1v) is 8.30. The summed E-state index contributed by atoms with van der Waals surface area (Å²) in [4.78, 5) is 2.60. The molecule has 0 aromatic rings. The third-order valence-electron chi connectivity index (χ3n) is 5.09. The van der Waals surface area contributed by atoms with Crippen molar-refractivity contribution in [1.82, 2.24) is 10.2 Å². The van der Waals surface area contributed by atoms with Crippen LogP contribution in [0.2, 0.25) is 0 Å². The summed E-state index contributed by atoms with van der Waals surface area (Å²) in [6, 6.07) is 1.57. The third kappa shape index (κ3) is 4.24. The lowest BCUT2D eigenvalue weighted by Gasteiger charge is -2.34. The van der Waals surface area contributed by atoms with Crippen molar-refractivity contribution in [3.8, 4) is 0 Å². The minimum Gasteiger partial charge on any atom is -0.310 e. The largest absolute Gasteiger partial charge is 0.310 e. The molecule has 1 aliphatic heterocycles. The van der Waals surface area contributed by atoms with Crippen molar-refractivity contribution >= 4 is 0 Å². The van der Waals surface area contributed by atoms with E-state index in [2.05, 4.69) is 24.1 Å². The normalized spacial score (nSPS) is 35.3. The fourth-order valence-electron chi connectivity index (χ4n) is 3.77. The Morgan fingerprint density at radius 1 is 0.944 bits per heavy atom. The van der Waals surface area contributed by atoms with Gasteiger partial charge in [0.25, 0.3) is 0 Å². The lowest BCUT2D eigenvalue weighted by atomic mass is 9.97. The van der Waals surface area contributed by atoms with Gasteiger partial charge in [-0.1, -0.05) is 33.1 Å². The molecular formula is C16H32N2. The Morgan fingerprint density at radius 3 is 2.56 bits per heavy atom. The van der Waals surface area contributed by atoms with E-state index in [0.29, 0.717) is 0 Å². The molecule has 2 rings (SSSR count). The molecule has 0 bridgehead atoms. The van der Waals surface area contributed by atoms with Crippen molar-refractivity contribution in [3.05, 3.63) is 0 Å². The van der Waals surface area contributed by atoms with Gasteiger partial charge in [0.1, 0.15) is 0 Å². The summed E-state index contributed by atoms with van der Waals surface area (Å²) in [5.41, 5.74) is 0. The number of hydrogen-bond donors (Lipinski definition) is 1. The Kier molecular flexibility index (Phi) is 5.97. The second kappa shape index (κ2) is 7.49. The molecule has 1 aliphatic carbocycles. The van der Waals surface area contributed by atoms with Crippen molar-refractivity contribution in [1.29, 1.82) is 0 Å². The quantitative estimate of drug-likeness (QED) is 0.771. The molecule has 1 saturated heterocycles. The Balaban J connectivity index is 1.75. The van der Waals surface area contributed by atoms with Gasteiger partial charge >= 0.3 is 0 Å². The summed E-state index contributed by atoms with van der Waals surface area (Å²) in [6.45, 7) is 8.47. The molecule has 0 aromatic heterocycles. The average Bonchev–Trinajstić information content (AvgIpc) is 2.64. The Bertz CT molecular complexity index is 229. The van der Waals surface area contributed by atoms with Crippen molar-refractivity contribution in [2.75, 3.05) is 19.6 Å². The first kappa shape index (κ1) is 14.3. The van der Waals surface area contributed by atoms with Crippen LogP contribution in [0.1, 0.15) is 65.2 Å². The zero-order chi connectivity index (χ0) is 12.8.